The second-order valence-electron chi connectivity index (χ2n) is 8.92. The van der Waals surface area contributed by atoms with Crippen molar-refractivity contribution in [2.75, 3.05) is 26.2 Å². The zero-order valence-corrected chi connectivity index (χ0v) is 18.9. The van der Waals surface area contributed by atoms with E-state index in [4.69, 9.17) is 16.1 Å². The minimum atomic E-state index is 0.0791. The Morgan fingerprint density at radius 3 is 2.26 bits per heavy atom. The molecule has 1 aromatic heterocycles. The Balaban J connectivity index is 1.32. The first-order valence-electron chi connectivity index (χ1n) is 10.5. The van der Waals surface area contributed by atoms with Gasteiger partial charge >= 0.3 is 0 Å². The van der Waals surface area contributed by atoms with Crippen molar-refractivity contribution in [3.63, 3.8) is 0 Å². The predicted molar refractivity (Wildman–Crippen MR) is 121 cm³/mol. The van der Waals surface area contributed by atoms with Gasteiger partial charge in [0.15, 0.2) is 5.82 Å². The molecule has 0 aliphatic carbocycles. The van der Waals surface area contributed by atoms with Crippen LogP contribution in [0.2, 0.25) is 5.02 Å². The zero-order chi connectivity index (χ0) is 22.0. The topological polar surface area (TPSA) is 62.5 Å². The average Bonchev–Trinajstić information content (AvgIpc) is 3.22. The molecule has 0 radical (unpaired) electrons. The Labute approximate surface area is 187 Å². The molecule has 1 fully saturated rings. The maximum atomic E-state index is 12.9. The monoisotopic (exact) mass is 438 g/mol. The fourth-order valence-corrected chi connectivity index (χ4v) is 3.76. The van der Waals surface area contributed by atoms with E-state index in [9.17, 15) is 4.79 Å². The summed E-state index contributed by atoms with van der Waals surface area (Å²) < 4.78 is 5.39. The number of carbonyl (C=O) groups excluding carboxylic acids is 1. The lowest BCUT2D eigenvalue weighted by atomic mass is 9.86. The molecular weight excluding hydrogens is 412 g/mol. The number of piperazine rings is 1. The normalized spacial score (nSPS) is 15.3. The van der Waals surface area contributed by atoms with Gasteiger partial charge < -0.3 is 9.42 Å². The number of carbonyl (C=O) groups is 1. The third kappa shape index (κ3) is 5.14. The molecule has 1 amide bonds. The SMILES string of the molecule is CC(C)(C)c1ccc(C(=O)N2CCN(Cc3noc(-c4ccc(Cl)cc4)n3)CC2)cc1. The van der Waals surface area contributed by atoms with E-state index in [2.05, 4.69) is 47.9 Å². The molecule has 0 N–H and O–H groups in total. The summed E-state index contributed by atoms with van der Waals surface area (Å²) in [5, 5.41) is 4.77. The quantitative estimate of drug-likeness (QED) is 0.593. The van der Waals surface area contributed by atoms with Gasteiger partial charge in [-0.15, -0.1) is 0 Å². The van der Waals surface area contributed by atoms with Crippen LogP contribution in [0.4, 0.5) is 0 Å². The number of halogens is 1. The molecule has 7 heteroatoms. The van der Waals surface area contributed by atoms with Gasteiger partial charge in [0.05, 0.1) is 6.54 Å². The lowest BCUT2D eigenvalue weighted by Gasteiger charge is -2.34. The van der Waals surface area contributed by atoms with Crippen LogP contribution in [0.5, 0.6) is 0 Å². The van der Waals surface area contributed by atoms with E-state index >= 15 is 0 Å². The molecule has 162 valence electrons. The van der Waals surface area contributed by atoms with Crippen LogP contribution in [-0.2, 0) is 12.0 Å². The highest BCUT2D eigenvalue weighted by Crippen LogP contribution is 2.23. The average molecular weight is 439 g/mol. The third-order valence-electron chi connectivity index (χ3n) is 5.58. The van der Waals surface area contributed by atoms with E-state index in [-0.39, 0.29) is 11.3 Å². The first kappa shape index (κ1) is 21.5. The van der Waals surface area contributed by atoms with E-state index in [1.807, 2.05) is 29.2 Å². The molecule has 0 bridgehead atoms. The third-order valence-corrected chi connectivity index (χ3v) is 5.83. The molecule has 6 nitrogen and oxygen atoms in total. The molecule has 1 aliphatic rings. The molecule has 0 unspecified atom stereocenters. The second kappa shape index (κ2) is 8.81. The smallest absolute Gasteiger partial charge is 0.257 e. The highest BCUT2D eigenvalue weighted by molar-refractivity contribution is 6.30. The van der Waals surface area contributed by atoms with Crippen molar-refractivity contribution < 1.29 is 9.32 Å². The van der Waals surface area contributed by atoms with Gasteiger partial charge in [-0.25, -0.2) is 0 Å². The van der Waals surface area contributed by atoms with E-state index in [0.29, 0.717) is 36.4 Å². The molecule has 1 saturated heterocycles. The Morgan fingerprint density at radius 1 is 1.00 bits per heavy atom. The van der Waals surface area contributed by atoms with Crippen molar-refractivity contribution in [1.29, 1.82) is 0 Å². The highest BCUT2D eigenvalue weighted by Gasteiger charge is 2.24. The molecule has 0 saturated carbocycles. The van der Waals surface area contributed by atoms with Crippen molar-refractivity contribution in [2.45, 2.75) is 32.7 Å². The first-order chi connectivity index (χ1) is 14.8. The molecule has 4 rings (SSSR count). The number of amides is 1. The lowest BCUT2D eigenvalue weighted by Crippen LogP contribution is -2.48. The Bertz CT molecular complexity index is 1030. The molecule has 0 atom stereocenters. The van der Waals surface area contributed by atoms with Crippen LogP contribution in [0.15, 0.2) is 53.1 Å². The van der Waals surface area contributed by atoms with Gasteiger partial charge in [0, 0.05) is 42.3 Å². The van der Waals surface area contributed by atoms with Gasteiger partial charge in [-0.3, -0.25) is 9.69 Å². The van der Waals surface area contributed by atoms with Crippen molar-refractivity contribution in [2.24, 2.45) is 0 Å². The summed E-state index contributed by atoms with van der Waals surface area (Å²) in [5.41, 5.74) is 2.89. The van der Waals surface area contributed by atoms with E-state index < -0.39 is 0 Å². The van der Waals surface area contributed by atoms with E-state index in [0.717, 1.165) is 24.2 Å². The van der Waals surface area contributed by atoms with Gasteiger partial charge in [-0.2, -0.15) is 4.98 Å². The van der Waals surface area contributed by atoms with Crippen LogP contribution in [0.1, 0.15) is 42.5 Å². The fraction of sp³-hybridized carbons (Fsp3) is 0.375. The number of benzene rings is 2. The zero-order valence-electron chi connectivity index (χ0n) is 18.1. The van der Waals surface area contributed by atoms with Crippen molar-refractivity contribution in [1.82, 2.24) is 19.9 Å². The van der Waals surface area contributed by atoms with E-state index in [1.54, 1.807) is 12.1 Å². The summed E-state index contributed by atoms with van der Waals surface area (Å²) in [7, 11) is 0. The number of aromatic nitrogens is 2. The number of nitrogens with zero attached hydrogens (tertiary/aromatic N) is 4. The predicted octanol–water partition coefficient (Wildman–Crippen LogP) is 4.65. The molecule has 31 heavy (non-hydrogen) atoms. The Kier molecular flexibility index (Phi) is 6.12. The van der Waals surface area contributed by atoms with Gasteiger partial charge in [-0.1, -0.05) is 49.7 Å². The summed E-state index contributed by atoms with van der Waals surface area (Å²) in [6.07, 6.45) is 0. The second-order valence-corrected chi connectivity index (χ2v) is 9.35. The van der Waals surface area contributed by atoms with Crippen molar-refractivity contribution in [3.8, 4) is 11.5 Å². The van der Waals surface area contributed by atoms with Crippen molar-refractivity contribution >= 4 is 17.5 Å². The maximum Gasteiger partial charge on any atom is 0.257 e. The first-order valence-corrected chi connectivity index (χ1v) is 10.9. The van der Waals surface area contributed by atoms with Gasteiger partial charge in [-0.05, 0) is 47.4 Å². The van der Waals surface area contributed by atoms with E-state index in [1.165, 1.54) is 5.56 Å². The van der Waals surface area contributed by atoms with Crippen LogP contribution >= 0.6 is 11.6 Å². The molecule has 2 aromatic carbocycles. The highest BCUT2D eigenvalue weighted by atomic mass is 35.5. The molecular formula is C24H27ClN4O2. The van der Waals surface area contributed by atoms with Crippen LogP contribution in [-0.4, -0.2) is 52.0 Å². The van der Waals surface area contributed by atoms with Crippen LogP contribution < -0.4 is 0 Å². The number of rotatable bonds is 4. The standard InChI is InChI=1S/C24H27ClN4O2/c1-24(2,3)19-8-4-18(5-9-19)23(30)29-14-12-28(13-15-29)16-21-26-22(31-27-21)17-6-10-20(25)11-7-17/h4-11H,12-16H2,1-3H3. The maximum absolute atomic E-state index is 12.9. The summed E-state index contributed by atoms with van der Waals surface area (Å²) in [6, 6.07) is 15.3. The van der Waals surface area contributed by atoms with Gasteiger partial charge in [0.2, 0.25) is 0 Å². The van der Waals surface area contributed by atoms with Gasteiger partial charge in [0.1, 0.15) is 0 Å². The van der Waals surface area contributed by atoms with Crippen molar-refractivity contribution in [3.05, 3.63) is 70.5 Å². The summed E-state index contributed by atoms with van der Waals surface area (Å²) in [5.74, 6) is 1.21. The molecule has 0 spiro atoms. The Hall–Kier alpha value is -2.70. The summed E-state index contributed by atoms with van der Waals surface area (Å²) in [4.78, 5) is 21.5. The van der Waals surface area contributed by atoms with Crippen LogP contribution in [0.3, 0.4) is 0 Å². The largest absolute Gasteiger partial charge is 0.336 e. The fourth-order valence-electron chi connectivity index (χ4n) is 3.63. The number of hydrogen-bond donors (Lipinski definition) is 0. The molecule has 3 aromatic rings. The van der Waals surface area contributed by atoms with Crippen LogP contribution in [0.25, 0.3) is 11.5 Å². The van der Waals surface area contributed by atoms with Crippen LogP contribution in [0, 0.1) is 0 Å². The summed E-state index contributed by atoms with van der Waals surface area (Å²) >= 11 is 5.93. The summed E-state index contributed by atoms with van der Waals surface area (Å²) in [6.45, 7) is 10.0. The number of hydrogen-bond acceptors (Lipinski definition) is 5. The minimum absolute atomic E-state index is 0.0791. The van der Waals surface area contributed by atoms with Gasteiger partial charge in [0.25, 0.3) is 11.8 Å². The minimum Gasteiger partial charge on any atom is -0.336 e. The Morgan fingerprint density at radius 2 is 1.65 bits per heavy atom. The lowest BCUT2D eigenvalue weighted by molar-refractivity contribution is 0.0624. The molecule has 2 heterocycles. The molecule has 1 aliphatic heterocycles.